The van der Waals surface area contributed by atoms with E-state index in [1.165, 1.54) is 0 Å². The SMILES string of the molecule is CCC(C)N1CC(CCC(=O)O)NCC1=O. The van der Waals surface area contributed by atoms with Crippen LogP contribution in [0.1, 0.15) is 33.1 Å². The molecule has 0 aliphatic carbocycles. The lowest BCUT2D eigenvalue weighted by Crippen LogP contribution is -2.56. The van der Waals surface area contributed by atoms with Crippen LogP contribution in [0.2, 0.25) is 0 Å². The number of hydrogen-bond acceptors (Lipinski definition) is 3. The lowest BCUT2D eigenvalue weighted by Gasteiger charge is -2.37. The average Bonchev–Trinajstić information content (AvgIpc) is 2.27. The first-order valence-corrected chi connectivity index (χ1v) is 5.79. The van der Waals surface area contributed by atoms with Crippen LogP contribution in [0.3, 0.4) is 0 Å². The number of carboxylic acids is 1. The Morgan fingerprint density at radius 2 is 2.38 bits per heavy atom. The Balaban J connectivity index is 2.47. The highest BCUT2D eigenvalue weighted by molar-refractivity contribution is 5.79. The molecule has 5 heteroatoms. The van der Waals surface area contributed by atoms with Crippen molar-refractivity contribution in [3.63, 3.8) is 0 Å². The van der Waals surface area contributed by atoms with E-state index in [4.69, 9.17) is 5.11 Å². The zero-order valence-corrected chi connectivity index (χ0v) is 9.90. The third kappa shape index (κ3) is 3.48. The van der Waals surface area contributed by atoms with Gasteiger partial charge in [0, 0.05) is 25.0 Å². The van der Waals surface area contributed by atoms with Crippen molar-refractivity contribution in [2.45, 2.75) is 45.2 Å². The van der Waals surface area contributed by atoms with Crippen LogP contribution >= 0.6 is 0 Å². The third-order valence-corrected chi connectivity index (χ3v) is 3.11. The topological polar surface area (TPSA) is 69.6 Å². The number of nitrogens with one attached hydrogen (secondary N) is 1. The zero-order chi connectivity index (χ0) is 12.1. The summed E-state index contributed by atoms with van der Waals surface area (Å²) in [7, 11) is 0. The highest BCUT2D eigenvalue weighted by atomic mass is 16.4. The van der Waals surface area contributed by atoms with Gasteiger partial charge in [0.25, 0.3) is 0 Å². The van der Waals surface area contributed by atoms with Crippen LogP contribution in [-0.2, 0) is 9.59 Å². The smallest absolute Gasteiger partial charge is 0.303 e. The maximum absolute atomic E-state index is 11.6. The van der Waals surface area contributed by atoms with Crippen molar-refractivity contribution in [2.75, 3.05) is 13.1 Å². The number of nitrogens with zero attached hydrogens (tertiary/aromatic N) is 1. The summed E-state index contributed by atoms with van der Waals surface area (Å²) in [6, 6.07) is 0.352. The van der Waals surface area contributed by atoms with E-state index in [9.17, 15) is 9.59 Å². The number of aliphatic carboxylic acids is 1. The number of rotatable bonds is 5. The predicted octanol–water partition coefficient (Wildman–Crippen LogP) is 0.450. The number of carboxylic acid groups (broad SMARTS) is 1. The van der Waals surface area contributed by atoms with Gasteiger partial charge in [0.2, 0.25) is 5.91 Å². The van der Waals surface area contributed by atoms with Gasteiger partial charge in [0.1, 0.15) is 0 Å². The van der Waals surface area contributed by atoms with E-state index in [0.717, 1.165) is 6.42 Å². The molecule has 0 radical (unpaired) electrons. The number of hydrogen-bond donors (Lipinski definition) is 2. The van der Waals surface area contributed by atoms with E-state index in [1.54, 1.807) is 0 Å². The van der Waals surface area contributed by atoms with Crippen LogP contribution in [0.5, 0.6) is 0 Å². The number of carbonyl (C=O) groups excluding carboxylic acids is 1. The Hall–Kier alpha value is -1.10. The molecule has 0 spiro atoms. The fourth-order valence-electron chi connectivity index (χ4n) is 1.87. The minimum absolute atomic E-state index is 0.112. The maximum Gasteiger partial charge on any atom is 0.303 e. The molecule has 2 atom stereocenters. The Bertz CT molecular complexity index is 268. The molecule has 1 rings (SSSR count). The Kier molecular flexibility index (Phi) is 4.73. The van der Waals surface area contributed by atoms with Crippen LogP contribution < -0.4 is 5.32 Å². The molecule has 5 nitrogen and oxygen atoms in total. The lowest BCUT2D eigenvalue weighted by atomic mass is 10.1. The summed E-state index contributed by atoms with van der Waals surface area (Å²) in [5.74, 6) is -0.672. The molecule has 2 unspecified atom stereocenters. The van der Waals surface area contributed by atoms with Crippen molar-refractivity contribution >= 4 is 11.9 Å². The molecule has 1 saturated heterocycles. The van der Waals surface area contributed by atoms with Crippen molar-refractivity contribution in [3.05, 3.63) is 0 Å². The quantitative estimate of drug-likeness (QED) is 0.717. The highest BCUT2D eigenvalue weighted by Gasteiger charge is 2.27. The molecule has 92 valence electrons. The molecule has 0 bridgehead atoms. The van der Waals surface area contributed by atoms with Crippen molar-refractivity contribution in [3.8, 4) is 0 Å². The van der Waals surface area contributed by atoms with E-state index in [0.29, 0.717) is 19.5 Å². The molecule has 0 aromatic heterocycles. The molecule has 1 aliphatic heterocycles. The molecule has 0 aromatic carbocycles. The van der Waals surface area contributed by atoms with E-state index < -0.39 is 5.97 Å². The van der Waals surface area contributed by atoms with Gasteiger partial charge in [-0.2, -0.15) is 0 Å². The average molecular weight is 228 g/mol. The second-order valence-corrected chi connectivity index (χ2v) is 4.31. The van der Waals surface area contributed by atoms with Crippen molar-refractivity contribution in [1.82, 2.24) is 10.2 Å². The van der Waals surface area contributed by atoms with Gasteiger partial charge in [0.05, 0.1) is 6.54 Å². The minimum Gasteiger partial charge on any atom is -0.481 e. The summed E-state index contributed by atoms with van der Waals surface area (Å²) in [5.41, 5.74) is 0. The van der Waals surface area contributed by atoms with Crippen LogP contribution in [0.15, 0.2) is 0 Å². The first kappa shape index (κ1) is 13.0. The van der Waals surface area contributed by atoms with Crippen LogP contribution in [0, 0.1) is 0 Å². The summed E-state index contributed by atoms with van der Waals surface area (Å²) in [5, 5.41) is 11.7. The van der Waals surface area contributed by atoms with Gasteiger partial charge in [-0.05, 0) is 19.8 Å². The zero-order valence-electron chi connectivity index (χ0n) is 9.90. The highest BCUT2D eigenvalue weighted by Crippen LogP contribution is 2.11. The van der Waals surface area contributed by atoms with Crippen molar-refractivity contribution in [1.29, 1.82) is 0 Å². The van der Waals surface area contributed by atoms with Gasteiger partial charge in [-0.25, -0.2) is 0 Å². The van der Waals surface area contributed by atoms with E-state index >= 15 is 0 Å². The summed E-state index contributed by atoms with van der Waals surface area (Å²) >= 11 is 0. The summed E-state index contributed by atoms with van der Waals surface area (Å²) in [4.78, 5) is 23.9. The minimum atomic E-state index is -0.784. The fourth-order valence-corrected chi connectivity index (χ4v) is 1.87. The molecule has 1 amide bonds. The normalized spacial score (nSPS) is 23.2. The van der Waals surface area contributed by atoms with E-state index in [1.807, 2.05) is 18.7 Å². The molecule has 1 aliphatic rings. The monoisotopic (exact) mass is 228 g/mol. The van der Waals surface area contributed by atoms with Crippen molar-refractivity contribution in [2.24, 2.45) is 0 Å². The van der Waals surface area contributed by atoms with Gasteiger partial charge < -0.3 is 15.3 Å². The molecule has 16 heavy (non-hydrogen) atoms. The number of piperazine rings is 1. The lowest BCUT2D eigenvalue weighted by molar-refractivity contribution is -0.137. The fraction of sp³-hybridized carbons (Fsp3) is 0.818. The summed E-state index contributed by atoms with van der Waals surface area (Å²) < 4.78 is 0. The Morgan fingerprint density at radius 1 is 1.69 bits per heavy atom. The second kappa shape index (κ2) is 5.84. The van der Waals surface area contributed by atoms with Crippen LogP contribution in [0.4, 0.5) is 0 Å². The van der Waals surface area contributed by atoms with Gasteiger partial charge in [-0.3, -0.25) is 9.59 Å². The Labute approximate surface area is 95.8 Å². The van der Waals surface area contributed by atoms with E-state index in [-0.39, 0.29) is 24.4 Å². The van der Waals surface area contributed by atoms with Crippen LogP contribution in [0.25, 0.3) is 0 Å². The molecule has 1 heterocycles. The molecule has 0 aromatic rings. The third-order valence-electron chi connectivity index (χ3n) is 3.11. The van der Waals surface area contributed by atoms with Gasteiger partial charge in [-0.1, -0.05) is 6.92 Å². The Morgan fingerprint density at radius 3 is 2.94 bits per heavy atom. The van der Waals surface area contributed by atoms with E-state index in [2.05, 4.69) is 5.32 Å². The summed E-state index contributed by atoms with van der Waals surface area (Å²) in [6.07, 6.45) is 1.66. The first-order valence-electron chi connectivity index (χ1n) is 5.79. The molecular formula is C11H20N2O3. The maximum atomic E-state index is 11.6. The molecule has 2 N–H and O–H groups in total. The van der Waals surface area contributed by atoms with Gasteiger partial charge in [-0.15, -0.1) is 0 Å². The molecule has 0 saturated carbocycles. The standard InChI is InChI=1S/C11H20N2O3/c1-3-8(2)13-7-9(4-5-11(15)16)12-6-10(13)14/h8-9,12H,3-7H2,1-2H3,(H,15,16). The predicted molar refractivity (Wildman–Crippen MR) is 60.1 cm³/mol. The largest absolute Gasteiger partial charge is 0.481 e. The molecule has 1 fully saturated rings. The number of amides is 1. The second-order valence-electron chi connectivity index (χ2n) is 4.31. The van der Waals surface area contributed by atoms with Gasteiger partial charge in [0.15, 0.2) is 0 Å². The first-order chi connectivity index (χ1) is 7.54. The van der Waals surface area contributed by atoms with Crippen LogP contribution in [-0.4, -0.2) is 47.1 Å². The number of carbonyl (C=O) groups is 2. The summed E-state index contributed by atoms with van der Waals surface area (Å²) in [6.45, 7) is 5.03. The van der Waals surface area contributed by atoms with Gasteiger partial charge >= 0.3 is 5.97 Å². The molecular weight excluding hydrogens is 208 g/mol. The van der Waals surface area contributed by atoms with Crippen molar-refractivity contribution < 1.29 is 14.7 Å².